The summed E-state index contributed by atoms with van der Waals surface area (Å²) in [6, 6.07) is 3.50. The largest absolute Gasteiger partial charge is 0.431 e. The van der Waals surface area contributed by atoms with Gasteiger partial charge >= 0.3 is 6.18 Å². The van der Waals surface area contributed by atoms with Crippen molar-refractivity contribution in [2.24, 2.45) is 7.05 Å². The van der Waals surface area contributed by atoms with E-state index in [1.54, 1.807) is 6.07 Å². The molecule has 34 heavy (non-hydrogen) atoms. The third-order valence-electron chi connectivity index (χ3n) is 5.11. The average Bonchev–Trinajstić information content (AvgIpc) is 3.12. The number of carbonyl (C=O) groups excluding carboxylic acids is 1. The maximum Gasteiger partial charge on any atom is 0.431 e. The summed E-state index contributed by atoms with van der Waals surface area (Å²) in [5.41, 5.74) is -2.94. The molecular weight excluding hydrogens is 477 g/mol. The standard InChI is InChI=1S/C20H19F3N6O4S/c1-4-29-14(20(21,22)23)9-12-16(19(29)31)28(3)17(27-12)15-13(34(32,33)5-2)8-11(10-26-15)18(30)25-7-6-24/h8-10H,4-5,7H2,1-3H3,(H,25,30). The van der Waals surface area contributed by atoms with Gasteiger partial charge in [0, 0.05) is 19.8 Å². The fraction of sp³-hybridized carbons (Fsp3) is 0.350. The number of rotatable bonds is 6. The van der Waals surface area contributed by atoms with Crippen molar-refractivity contribution >= 4 is 26.8 Å². The number of hydrogen-bond donors (Lipinski definition) is 1. The van der Waals surface area contributed by atoms with E-state index >= 15 is 0 Å². The Hall–Kier alpha value is -3.73. The second-order valence-electron chi connectivity index (χ2n) is 7.12. The van der Waals surface area contributed by atoms with Crippen LogP contribution in [0, 0.1) is 11.3 Å². The summed E-state index contributed by atoms with van der Waals surface area (Å²) in [5, 5.41) is 10.9. The van der Waals surface area contributed by atoms with Crippen molar-refractivity contribution < 1.29 is 26.4 Å². The van der Waals surface area contributed by atoms with E-state index in [1.165, 1.54) is 25.5 Å². The van der Waals surface area contributed by atoms with Gasteiger partial charge in [-0.2, -0.15) is 18.4 Å². The average molecular weight is 496 g/mol. The third-order valence-corrected chi connectivity index (χ3v) is 6.85. The van der Waals surface area contributed by atoms with Gasteiger partial charge in [-0.05, 0) is 19.1 Å². The first-order chi connectivity index (χ1) is 15.9. The van der Waals surface area contributed by atoms with Gasteiger partial charge in [-0.1, -0.05) is 6.92 Å². The van der Waals surface area contributed by atoms with E-state index in [2.05, 4.69) is 15.3 Å². The highest BCUT2D eigenvalue weighted by Crippen LogP contribution is 2.32. The van der Waals surface area contributed by atoms with E-state index in [1.807, 2.05) is 0 Å². The molecule has 0 unspecified atom stereocenters. The molecule has 1 N–H and O–H groups in total. The normalized spacial score (nSPS) is 12.0. The third kappa shape index (κ3) is 4.26. The molecule has 0 aliphatic carbocycles. The van der Waals surface area contributed by atoms with Crippen LogP contribution in [0.1, 0.15) is 29.9 Å². The molecule has 0 aliphatic rings. The number of carbonyl (C=O) groups is 1. The molecule has 3 aromatic rings. The maximum absolute atomic E-state index is 13.5. The second kappa shape index (κ2) is 8.90. The molecule has 3 rings (SSSR count). The molecule has 0 saturated carbocycles. The van der Waals surface area contributed by atoms with Crippen LogP contribution in [0.2, 0.25) is 0 Å². The zero-order valence-corrected chi connectivity index (χ0v) is 19.1. The number of halogens is 3. The van der Waals surface area contributed by atoms with Gasteiger partial charge in [-0.15, -0.1) is 0 Å². The lowest BCUT2D eigenvalue weighted by molar-refractivity contribution is -0.144. The Morgan fingerprint density at radius 1 is 1.26 bits per heavy atom. The minimum Gasteiger partial charge on any atom is -0.339 e. The first-order valence-corrected chi connectivity index (χ1v) is 11.6. The summed E-state index contributed by atoms with van der Waals surface area (Å²) < 4.78 is 67.8. The number of nitrogens with one attached hydrogen (secondary N) is 1. The lowest BCUT2D eigenvalue weighted by Gasteiger charge is -2.14. The van der Waals surface area contributed by atoms with Crippen molar-refractivity contribution in [1.82, 2.24) is 24.4 Å². The summed E-state index contributed by atoms with van der Waals surface area (Å²) >= 11 is 0. The maximum atomic E-state index is 13.5. The number of hydrogen-bond acceptors (Lipinski definition) is 7. The molecule has 0 bridgehead atoms. The van der Waals surface area contributed by atoms with Crippen molar-refractivity contribution in [2.75, 3.05) is 12.3 Å². The number of imidazole rings is 1. The van der Waals surface area contributed by atoms with E-state index < -0.39 is 33.2 Å². The fourth-order valence-electron chi connectivity index (χ4n) is 3.43. The van der Waals surface area contributed by atoms with Crippen LogP contribution >= 0.6 is 0 Å². The lowest BCUT2D eigenvalue weighted by Crippen LogP contribution is -2.28. The topological polar surface area (TPSA) is 140 Å². The summed E-state index contributed by atoms with van der Waals surface area (Å²) in [5.74, 6) is -1.26. The molecule has 0 fully saturated rings. The quantitative estimate of drug-likeness (QED) is 0.514. The van der Waals surface area contributed by atoms with Gasteiger partial charge in [0.2, 0.25) is 0 Å². The Balaban J connectivity index is 2.34. The smallest absolute Gasteiger partial charge is 0.339 e. The monoisotopic (exact) mass is 496 g/mol. The van der Waals surface area contributed by atoms with E-state index in [4.69, 9.17) is 5.26 Å². The molecule has 3 heterocycles. The predicted molar refractivity (Wildman–Crippen MR) is 115 cm³/mol. The van der Waals surface area contributed by atoms with Gasteiger partial charge in [-0.3, -0.25) is 14.6 Å². The molecule has 3 aromatic heterocycles. The minimum absolute atomic E-state index is 0.141. The van der Waals surface area contributed by atoms with E-state index in [9.17, 15) is 31.2 Å². The van der Waals surface area contributed by atoms with E-state index in [0.29, 0.717) is 4.57 Å². The molecule has 0 saturated heterocycles. The minimum atomic E-state index is -4.81. The molecule has 0 aromatic carbocycles. The van der Waals surface area contributed by atoms with Gasteiger partial charge in [0.1, 0.15) is 23.4 Å². The van der Waals surface area contributed by atoms with Crippen LogP contribution < -0.4 is 10.9 Å². The van der Waals surface area contributed by atoms with Crippen LogP contribution in [0.4, 0.5) is 13.2 Å². The van der Waals surface area contributed by atoms with Crippen molar-refractivity contribution in [2.45, 2.75) is 31.5 Å². The van der Waals surface area contributed by atoms with E-state index in [-0.39, 0.29) is 51.9 Å². The summed E-state index contributed by atoms with van der Waals surface area (Å²) in [7, 11) is -2.63. The summed E-state index contributed by atoms with van der Waals surface area (Å²) in [6.07, 6.45) is -3.75. The van der Waals surface area contributed by atoms with Crippen LogP contribution in [0.15, 0.2) is 28.0 Å². The SMILES string of the molecule is CCn1c(C(F)(F)F)cc2nc(-c3ncc(C(=O)NCC#N)cc3S(=O)(=O)CC)n(C)c2c1=O. The first-order valence-electron chi connectivity index (χ1n) is 9.93. The van der Waals surface area contributed by atoms with Crippen molar-refractivity contribution in [1.29, 1.82) is 5.26 Å². The van der Waals surface area contributed by atoms with Gasteiger partial charge in [0.05, 0.1) is 27.8 Å². The number of aromatic nitrogens is 4. The molecule has 0 atom stereocenters. The Bertz CT molecular complexity index is 1500. The number of amides is 1. The predicted octanol–water partition coefficient (Wildman–Crippen LogP) is 1.88. The Morgan fingerprint density at radius 2 is 1.94 bits per heavy atom. The zero-order valence-electron chi connectivity index (χ0n) is 18.3. The number of nitrogens with zero attached hydrogens (tertiary/aromatic N) is 5. The second-order valence-corrected chi connectivity index (χ2v) is 9.37. The lowest BCUT2D eigenvalue weighted by atomic mass is 10.2. The molecular formula is C20H19F3N6O4S. The van der Waals surface area contributed by atoms with Crippen molar-refractivity contribution in [3.05, 3.63) is 39.9 Å². The van der Waals surface area contributed by atoms with Crippen LogP contribution in [0.25, 0.3) is 22.6 Å². The van der Waals surface area contributed by atoms with Crippen LogP contribution in [0.3, 0.4) is 0 Å². The number of fused-ring (bicyclic) bond motifs is 1. The number of nitriles is 1. The number of alkyl halides is 3. The molecule has 0 spiro atoms. The van der Waals surface area contributed by atoms with Crippen LogP contribution in [-0.4, -0.2) is 45.7 Å². The summed E-state index contributed by atoms with van der Waals surface area (Å²) in [4.78, 5) is 32.8. The Kier molecular flexibility index (Phi) is 6.52. The van der Waals surface area contributed by atoms with Gasteiger partial charge < -0.3 is 14.5 Å². The van der Waals surface area contributed by atoms with Crippen molar-refractivity contribution in [3.63, 3.8) is 0 Å². The molecule has 0 radical (unpaired) electrons. The summed E-state index contributed by atoms with van der Waals surface area (Å²) in [6.45, 7) is 2.20. The zero-order chi connectivity index (χ0) is 25.4. The van der Waals surface area contributed by atoms with Gasteiger partial charge in [0.15, 0.2) is 15.7 Å². The van der Waals surface area contributed by atoms with Crippen molar-refractivity contribution in [3.8, 4) is 17.6 Å². The fourth-order valence-corrected chi connectivity index (χ4v) is 4.49. The molecule has 180 valence electrons. The highest BCUT2D eigenvalue weighted by atomic mass is 32.2. The molecule has 0 aliphatic heterocycles. The molecule has 10 nitrogen and oxygen atoms in total. The van der Waals surface area contributed by atoms with Gasteiger partial charge in [-0.25, -0.2) is 13.4 Å². The number of aryl methyl sites for hydroxylation is 1. The van der Waals surface area contributed by atoms with E-state index in [0.717, 1.165) is 18.3 Å². The number of pyridine rings is 2. The Labute approximate surface area is 191 Å². The van der Waals surface area contributed by atoms with Crippen LogP contribution in [-0.2, 0) is 29.6 Å². The highest BCUT2D eigenvalue weighted by Gasteiger charge is 2.36. The first kappa shape index (κ1) is 24.9. The highest BCUT2D eigenvalue weighted by molar-refractivity contribution is 7.91. The molecule has 1 amide bonds. The van der Waals surface area contributed by atoms with Gasteiger partial charge in [0.25, 0.3) is 11.5 Å². The molecule has 14 heteroatoms. The number of sulfone groups is 1. The van der Waals surface area contributed by atoms with Crippen LogP contribution in [0.5, 0.6) is 0 Å². The Morgan fingerprint density at radius 3 is 2.50 bits per heavy atom.